The summed E-state index contributed by atoms with van der Waals surface area (Å²) in [6.07, 6.45) is 2.62. The number of hydrogen-bond donors (Lipinski definition) is 1. The lowest BCUT2D eigenvalue weighted by atomic mass is 10.2. The molecular weight excluding hydrogens is 450 g/mol. The molecule has 1 saturated heterocycles. The number of rotatable bonds is 7. The number of ether oxygens (including phenoxy) is 1. The van der Waals surface area contributed by atoms with Gasteiger partial charge in [0.2, 0.25) is 5.91 Å². The molecule has 0 bridgehead atoms. The highest BCUT2D eigenvalue weighted by Gasteiger charge is 2.31. The van der Waals surface area contributed by atoms with Gasteiger partial charge in [-0.2, -0.15) is 0 Å². The predicted octanol–water partition coefficient (Wildman–Crippen LogP) is 4.93. The predicted molar refractivity (Wildman–Crippen MR) is 130 cm³/mol. The zero-order valence-corrected chi connectivity index (χ0v) is 19.1. The van der Waals surface area contributed by atoms with E-state index in [0.717, 1.165) is 21.5 Å². The van der Waals surface area contributed by atoms with Crippen molar-refractivity contribution in [3.05, 3.63) is 59.0 Å². The number of nitrogens with one attached hydrogen (secondary N) is 1. The lowest BCUT2D eigenvalue weighted by Gasteiger charge is -2.13. The quantitative estimate of drug-likeness (QED) is 0.391. The molecule has 158 valence electrons. The third-order valence-electron chi connectivity index (χ3n) is 4.60. The number of thiocarbonyl (C=S) groups is 1. The second-order valence-corrected chi connectivity index (χ2v) is 9.45. The second-order valence-electron chi connectivity index (χ2n) is 6.75. The number of aromatic nitrogens is 1. The van der Waals surface area contributed by atoms with Crippen LogP contribution in [0.3, 0.4) is 0 Å². The number of anilines is 1. The van der Waals surface area contributed by atoms with Gasteiger partial charge < -0.3 is 10.1 Å². The number of methoxy groups -OCH3 is 1. The Kier molecular flexibility index (Phi) is 6.64. The highest BCUT2D eigenvalue weighted by Crippen LogP contribution is 2.33. The Morgan fingerprint density at radius 2 is 2.06 bits per heavy atom. The summed E-state index contributed by atoms with van der Waals surface area (Å²) in [5.74, 6) is 0.495. The summed E-state index contributed by atoms with van der Waals surface area (Å²) >= 11 is 8.05. The van der Waals surface area contributed by atoms with Gasteiger partial charge in [0, 0.05) is 13.0 Å². The molecule has 0 radical (unpaired) electrons. The first-order chi connectivity index (χ1) is 15.0. The van der Waals surface area contributed by atoms with Crippen LogP contribution in [0.25, 0.3) is 16.3 Å². The summed E-state index contributed by atoms with van der Waals surface area (Å²) in [5.41, 5.74) is 1.76. The molecule has 9 heteroatoms. The number of nitrogens with zero attached hydrogens (tertiary/aromatic N) is 2. The summed E-state index contributed by atoms with van der Waals surface area (Å²) < 4.78 is 6.68. The number of thioether (sulfide) groups is 1. The fourth-order valence-electron chi connectivity index (χ4n) is 3.06. The minimum absolute atomic E-state index is 0.112. The van der Waals surface area contributed by atoms with E-state index in [1.54, 1.807) is 12.0 Å². The van der Waals surface area contributed by atoms with E-state index in [-0.39, 0.29) is 18.2 Å². The van der Waals surface area contributed by atoms with Crippen molar-refractivity contribution in [2.45, 2.75) is 12.8 Å². The monoisotopic (exact) mass is 469 g/mol. The molecule has 1 aliphatic rings. The van der Waals surface area contributed by atoms with E-state index in [1.165, 1.54) is 23.1 Å². The van der Waals surface area contributed by atoms with Gasteiger partial charge in [-0.25, -0.2) is 4.98 Å². The second kappa shape index (κ2) is 9.59. The molecule has 4 rings (SSSR count). The number of thiazole rings is 1. The van der Waals surface area contributed by atoms with Gasteiger partial charge in [0.25, 0.3) is 5.91 Å². The molecule has 1 aromatic heterocycles. The van der Waals surface area contributed by atoms with E-state index in [1.807, 2.05) is 54.6 Å². The van der Waals surface area contributed by atoms with Gasteiger partial charge in [-0.15, -0.1) is 0 Å². The van der Waals surface area contributed by atoms with Crippen LogP contribution in [-0.4, -0.2) is 39.7 Å². The third kappa shape index (κ3) is 5.12. The van der Waals surface area contributed by atoms with Crippen LogP contribution in [0, 0.1) is 0 Å². The van der Waals surface area contributed by atoms with Crippen molar-refractivity contribution in [1.29, 1.82) is 0 Å². The van der Waals surface area contributed by atoms with E-state index >= 15 is 0 Å². The molecule has 6 nitrogen and oxygen atoms in total. The minimum Gasteiger partial charge on any atom is -0.497 e. The SMILES string of the molecule is COc1ccc2nc(NC(=O)CCCN3C(=O)/C(=C/c4ccccc4)SC3=S)sc2c1. The van der Waals surface area contributed by atoms with E-state index in [4.69, 9.17) is 17.0 Å². The maximum absolute atomic E-state index is 12.7. The van der Waals surface area contributed by atoms with Gasteiger partial charge in [0.05, 0.1) is 22.2 Å². The summed E-state index contributed by atoms with van der Waals surface area (Å²) in [5, 5.41) is 3.38. The number of hydrogen-bond acceptors (Lipinski definition) is 7. The van der Waals surface area contributed by atoms with E-state index in [2.05, 4.69) is 10.3 Å². The van der Waals surface area contributed by atoms with Crippen LogP contribution in [-0.2, 0) is 9.59 Å². The van der Waals surface area contributed by atoms with Crippen LogP contribution in [0.15, 0.2) is 53.4 Å². The molecule has 2 amide bonds. The van der Waals surface area contributed by atoms with Crippen LogP contribution in [0.5, 0.6) is 5.75 Å². The molecule has 0 spiro atoms. The molecule has 31 heavy (non-hydrogen) atoms. The highest BCUT2D eigenvalue weighted by molar-refractivity contribution is 8.26. The molecule has 0 aliphatic carbocycles. The van der Waals surface area contributed by atoms with Gasteiger partial charge in [-0.05, 0) is 36.3 Å². The van der Waals surface area contributed by atoms with Crippen LogP contribution in [0.1, 0.15) is 18.4 Å². The van der Waals surface area contributed by atoms with Gasteiger partial charge in [-0.1, -0.05) is 65.6 Å². The first kappa shape index (κ1) is 21.5. The summed E-state index contributed by atoms with van der Waals surface area (Å²) in [7, 11) is 1.61. The van der Waals surface area contributed by atoms with Gasteiger partial charge in [-0.3, -0.25) is 14.5 Å². The highest BCUT2D eigenvalue weighted by atomic mass is 32.2. The summed E-state index contributed by atoms with van der Waals surface area (Å²) in [6.45, 7) is 0.404. The van der Waals surface area contributed by atoms with Gasteiger partial charge >= 0.3 is 0 Å². The Hall–Kier alpha value is -2.75. The van der Waals surface area contributed by atoms with E-state index < -0.39 is 0 Å². The van der Waals surface area contributed by atoms with Crippen LogP contribution >= 0.6 is 35.3 Å². The molecule has 1 aliphatic heterocycles. The number of carbonyl (C=O) groups excluding carboxylic acids is 2. The van der Waals surface area contributed by atoms with Crippen molar-refractivity contribution in [2.24, 2.45) is 0 Å². The Labute approximate surface area is 193 Å². The number of benzene rings is 2. The van der Waals surface area contributed by atoms with Crippen molar-refractivity contribution >= 4 is 72.9 Å². The lowest BCUT2D eigenvalue weighted by Crippen LogP contribution is -2.29. The topological polar surface area (TPSA) is 71.5 Å². The van der Waals surface area contributed by atoms with Crippen LogP contribution < -0.4 is 10.1 Å². The van der Waals surface area contributed by atoms with E-state index in [9.17, 15) is 9.59 Å². The fraction of sp³-hybridized carbons (Fsp3) is 0.182. The first-order valence-electron chi connectivity index (χ1n) is 9.58. The van der Waals surface area contributed by atoms with Crippen molar-refractivity contribution in [3.63, 3.8) is 0 Å². The Morgan fingerprint density at radius 1 is 1.26 bits per heavy atom. The maximum atomic E-state index is 12.7. The van der Waals surface area contributed by atoms with Crippen molar-refractivity contribution in [3.8, 4) is 5.75 Å². The largest absolute Gasteiger partial charge is 0.497 e. The normalized spacial score (nSPS) is 15.1. The van der Waals surface area contributed by atoms with Crippen molar-refractivity contribution in [2.75, 3.05) is 19.0 Å². The zero-order chi connectivity index (χ0) is 21.8. The van der Waals surface area contributed by atoms with Gasteiger partial charge in [0.1, 0.15) is 10.1 Å². The van der Waals surface area contributed by atoms with E-state index in [0.29, 0.717) is 27.3 Å². The molecule has 1 N–H and O–H groups in total. The molecule has 2 aromatic carbocycles. The van der Waals surface area contributed by atoms with Crippen LogP contribution in [0.2, 0.25) is 0 Å². The molecule has 0 saturated carbocycles. The average Bonchev–Trinajstić information content (AvgIpc) is 3.28. The molecule has 1 fully saturated rings. The summed E-state index contributed by atoms with van der Waals surface area (Å²) in [4.78, 5) is 31.6. The lowest BCUT2D eigenvalue weighted by molar-refractivity contribution is -0.122. The molecule has 2 heterocycles. The molecule has 0 atom stereocenters. The Balaban J connectivity index is 1.30. The average molecular weight is 470 g/mol. The number of amides is 2. The maximum Gasteiger partial charge on any atom is 0.266 e. The minimum atomic E-state index is -0.142. The van der Waals surface area contributed by atoms with Crippen LogP contribution in [0.4, 0.5) is 5.13 Å². The fourth-order valence-corrected chi connectivity index (χ4v) is 5.28. The zero-order valence-electron chi connectivity index (χ0n) is 16.7. The Morgan fingerprint density at radius 3 is 2.84 bits per heavy atom. The van der Waals surface area contributed by atoms with Crippen molar-refractivity contribution in [1.82, 2.24) is 9.88 Å². The molecule has 3 aromatic rings. The smallest absolute Gasteiger partial charge is 0.266 e. The third-order valence-corrected chi connectivity index (χ3v) is 6.91. The summed E-state index contributed by atoms with van der Waals surface area (Å²) in [6, 6.07) is 15.2. The van der Waals surface area contributed by atoms with Crippen molar-refractivity contribution < 1.29 is 14.3 Å². The van der Waals surface area contributed by atoms with Gasteiger partial charge in [0.15, 0.2) is 5.13 Å². The molecule has 0 unspecified atom stereocenters. The number of carbonyl (C=O) groups is 2. The first-order valence-corrected chi connectivity index (χ1v) is 11.6. The number of fused-ring (bicyclic) bond motifs is 1. The molecular formula is C22H19N3O3S3. The standard InChI is InChI=1S/C22H19N3O3S3/c1-28-15-9-10-16-17(13-15)30-21(23-16)24-19(26)8-5-11-25-20(27)18(31-22(25)29)12-14-6-3-2-4-7-14/h2-4,6-7,9-10,12-13H,5,8,11H2,1H3,(H,23,24,26)/b18-12-. The Bertz CT molecular complexity index is 1170.